The summed E-state index contributed by atoms with van der Waals surface area (Å²) in [4.78, 5) is 36.0. The molecule has 2 N–H and O–H groups in total. The van der Waals surface area contributed by atoms with E-state index in [1.54, 1.807) is 42.7 Å². The number of hydrogen-bond donors (Lipinski definition) is 2. The highest BCUT2D eigenvalue weighted by atomic mass is 16.2. The lowest BCUT2D eigenvalue weighted by molar-refractivity contribution is 0.100. The van der Waals surface area contributed by atoms with Crippen LogP contribution in [-0.2, 0) is 6.54 Å². The normalized spacial score (nSPS) is 10.2. The smallest absolute Gasteiger partial charge is 0.274 e. The van der Waals surface area contributed by atoms with Crippen LogP contribution < -0.4 is 10.6 Å². The summed E-state index contributed by atoms with van der Waals surface area (Å²) >= 11 is 0. The molecule has 26 heavy (non-hydrogen) atoms. The summed E-state index contributed by atoms with van der Waals surface area (Å²) in [5, 5.41) is 5.86. The highest BCUT2D eigenvalue weighted by Gasteiger charge is 2.10. The Hall–Kier alpha value is -3.61. The number of anilines is 2. The zero-order chi connectivity index (χ0) is 18.4. The molecule has 0 saturated heterocycles. The van der Waals surface area contributed by atoms with Gasteiger partial charge in [0.15, 0.2) is 5.78 Å². The van der Waals surface area contributed by atoms with Crippen LogP contribution >= 0.6 is 0 Å². The van der Waals surface area contributed by atoms with Gasteiger partial charge < -0.3 is 10.6 Å². The molecule has 0 atom stereocenters. The Morgan fingerprint density at radius 2 is 1.96 bits per heavy atom. The number of pyridine rings is 1. The first-order chi connectivity index (χ1) is 12.6. The molecule has 0 aliphatic heterocycles. The molecule has 2 aromatic heterocycles. The molecule has 1 aromatic carbocycles. The Balaban J connectivity index is 1.68. The Morgan fingerprint density at radius 3 is 2.73 bits per heavy atom. The third-order valence-electron chi connectivity index (χ3n) is 3.62. The van der Waals surface area contributed by atoms with Gasteiger partial charge in [0.05, 0.1) is 0 Å². The summed E-state index contributed by atoms with van der Waals surface area (Å²) in [6.45, 7) is 2.01. The van der Waals surface area contributed by atoms with E-state index < -0.39 is 0 Å². The number of rotatable bonds is 6. The van der Waals surface area contributed by atoms with E-state index in [4.69, 9.17) is 0 Å². The Bertz CT molecular complexity index is 928. The fourth-order valence-electron chi connectivity index (χ4n) is 2.28. The summed E-state index contributed by atoms with van der Waals surface area (Å²) in [7, 11) is 0. The molecule has 0 aliphatic rings. The van der Waals surface area contributed by atoms with Crippen molar-refractivity contribution in [3.05, 3.63) is 78.0 Å². The first-order valence-electron chi connectivity index (χ1n) is 7.99. The van der Waals surface area contributed by atoms with Crippen molar-refractivity contribution in [2.75, 3.05) is 10.6 Å². The van der Waals surface area contributed by atoms with Crippen molar-refractivity contribution in [3.63, 3.8) is 0 Å². The van der Waals surface area contributed by atoms with Crippen LogP contribution in [0.2, 0.25) is 0 Å². The van der Waals surface area contributed by atoms with E-state index in [9.17, 15) is 9.59 Å². The van der Waals surface area contributed by atoms with Gasteiger partial charge in [0.25, 0.3) is 5.91 Å². The van der Waals surface area contributed by atoms with Crippen molar-refractivity contribution >= 4 is 23.2 Å². The van der Waals surface area contributed by atoms with Crippen molar-refractivity contribution in [1.29, 1.82) is 0 Å². The number of nitrogens with one attached hydrogen (secondary N) is 2. The van der Waals surface area contributed by atoms with Crippen LogP contribution in [0.5, 0.6) is 0 Å². The second-order valence-corrected chi connectivity index (χ2v) is 5.59. The maximum absolute atomic E-state index is 12.4. The largest absolute Gasteiger partial charge is 0.366 e. The number of hydrogen-bond acceptors (Lipinski definition) is 6. The molecule has 7 nitrogen and oxygen atoms in total. The number of ketones is 1. The molecule has 7 heteroatoms. The monoisotopic (exact) mass is 347 g/mol. The molecule has 130 valence electrons. The summed E-state index contributed by atoms with van der Waals surface area (Å²) in [6, 6.07) is 12.1. The summed E-state index contributed by atoms with van der Waals surface area (Å²) < 4.78 is 0. The molecular formula is C19H17N5O2. The molecule has 0 unspecified atom stereocenters. The van der Waals surface area contributed by atoms with Gasteiger partial charge in [0.2, 0.25) is 0 Å². The number of nitrogens with zero attached hydrogens (tertiary/aromatic N) is 3. The van der Waals surface area contributed by atoms with Crippen LogP contribution in [0.3, 0.4) is 0 Å². The van der Waals surface area contributed by atoms with Crippen LogP contribution in [-0.4, -0.2) is 26.6 Å². The number of carbonyl (C=O) groups is 2. The zero-order valence-corrected chi connectivity index (χ0v) is 14.1. The minimum Gasteiger partial charge on any atom is -0.366 e. The van der Waals surface area contributed by atoms with Gasteiger partial charge in [-0.15, -0.1) is 0 Å². The van der Waals surface area contributed by atoms with Gasteiger partial charge in [0.1, 0.15) is 17.8 Å². The molecule has 0 spiro atoms. The predicted molar refractivity (Wildman–Crippen MR) is 98.0 cm³/mol. The molecule has 1 amide bonds. The van der Waals surface area contributed by atoms with E-state index in [1.807, 2.05) is 12.1 Å². The van der Waals surface area contributed by atoms with E-state index in [0.29, 0.717) is 23.6 Å². The minimum atomic E-state index is -0.377. The molecular weight excluding hydrogens is 330 g/mol. The second kappa shape index (κ2) is 7.98. The lowest BCUT2D eigenvalue weighted by Crippen LogP contribution is -2.15. The van der Waals surface area contributed by atoms with Gasteiger partial charge in [-0.1, -0.05) is 18.2 Å². The van der Waals surface area contributed by atoms with E-state index in [2.05, 4.69) is 25.6 Å². The molecule has 0 bridgehead atoms. The Kier molecular flexibility index (Phi) is 5.28. The Labute approximate surface area is 150 Å². The second-order valence-electron chi connectivity index (χ2n) is 5.59. The van der Waals surface area contributed by atoms with Gasteiger partial charge in [-0.25, -0.2) is 9.97 Å². The zero-order valence-electron chi connectivity index (χ0n) is 14.1. The molecule has 0 saturated carbocycles. The van der Waals surface area contributed by atoms with Gasteiger partial charge in [-0.05, 0) is 30.7 Å². The van der Waals surface area contributed by atoms with E-state index >= 15 is 0 Å². The fraction of sp³-hybridized carbons (Fsp3) is 0.105. The molecule has 0 aliphatic carbocycles. The van der Waals surface area contributed by atoms with Crippen molar-refractivity contribution < 1.29 is 9.59 Å². The summed E-state index contributed by atoms with van der Waals surface area (Å²) in [5.74, 6) is 0.0917. The van der Waals surface area contributed by atoms with Crippen LogP contribution in [0.4, 0.5) is 11.5 Å². The standard InChI is InChI=1S/C19H17N5O2/c1-13(25)15-5-2-6-16(8-15)24-19(26)17-9-18(23-12-22-17)21-11-14-4-3-7-20-10-14/h2-10,12H,11H2,1H3,(H,24,26)(H,21,22,23). The molecule has 2 heterocycles. The first kappa shape index (κ1) is 17.2. The number of aromatic nitrogens is 3. The number of benzene rings is 1. The van der Waals surface area contributed by atoms with E-state index in [-0.39, 0.29) is 17.4 Å². The van der Waals surface area contributed by atoms with Crippen LogP contribution in [0.25, 0.3) is 0 Å². The van der Waals surface area contributed by atoms with Crippen molar-refractivity contribution in [2.45, 2.75) is 13.5 Å². The fourth-order valence-corrected chi connectivity index (χ4v) is 2.28. The maximum atomic E-state index is 12.4. The van der Waals surface area contributed by atoms with Crippen molar-refractivity contribution in [3.8, 4) is 0 Å². The van der Waals surface area contributed by atoms with Gasteiger partial charge in [0, 0.05) is 36.3 Å². The van der Waals surface area contributed by atoms with E-state index in [0.717, 1.165) is 5.56 Å². The Morgan fingerprint density at radius 1 is 1.08 bits per heavy atom. The minimum absolute atomic E-state index is 0.0648. The van der Waals surface area contributed by atoms with Crippen LogP contribution in [0, 0.1) is 0 Å². The lowest BCUT2D eigenvalue weighted by atomic mass is 10.1. The van der Waals surface area contributed by atoms with Crippen molar-refractivity contribution in [2.24, 2.45) is 0 Å². The van der Waals surface area contributed by atoms with Gasteiger partial charge >= 0.3 is 0 Å². The lowest BCUT2D eigenvalue weighted by Gasteiger charge is -2.08. The quantitative estimate of drug-likeness (QED) is 0.666. The SMILES string of the molecule is CC(=O)c1cccc(NC(=O)c2cc(NCc3cccnc3)ncn2)c1. The third-order valence-corrected chi connectivity index (χ3v) is 3.62. The summed E-state index contributed by atoms with van der Waals surface area (Å²) in [5.41, 5.74) is 2.29. The van der Waals surface area contributed by atoms with Crippen molar-refractivity contribution in [1.82, 2.24) is 15.0 Å². The summed E-state index contributed by atoms with van der Waals surface area (Å²) in [6.07, 6.45) is 4.79. The van der Waals surface area contributed by atoms with E-state index in [1.165, 1.54) is 13.3 Å². The molecule has 0 fully saturated rings. The average Bonchev–Trinajstić information content (AvgIpc) is 2.67. The predicted octanol–water partition coefficient (Wildman–Crippen LogP) is 2.94. The average molecular weight is 347 g/mol. The first-order valence-corrected chi connectivity index (χ1v) is 7.99. The van der Waals surface area contributed by atoms with Gasteiger partial charge in [-0.3, -0.25) is 14.6 Å². The van der Waals surface area contributed by atoms with Crippen LogP contribution in [0.15, 0.2) is 61.2 Å². The topological polar surface area (TPSA) is 96.9 Å². The van der Waals surface area contributed by atoms with Gasteiger partial charge in [-0.2, -0.15) is 0 Å². The number of amides is 1. The molecule has 0 radical (unpaired) electrons. The van der Waals surface area contributed by atoms with Crippen LogP contribution in [0.1, 0.15) is 33.3 Å². The molecule has 3 aromatic rings. The highest BCUT2D eigenvalue weighted by molar-refractivity contribution is 6.04. The number of carbonyl (C=O) groups excluding carboxylic acids is 2. The number of Topliss-reactive ketones (excluding diaryl/α,β-unsaturated/α-hetero) is 1. The molecule has 3 rings (SSSR count). The highest BCUT2D eigenvalue weighted by Crippen LogP contribution is 2.13. The maximum Gasteiger partial charge on any atom is 0.274 e. The third kappa shape index (κ3) is 4.47.